The fraction of sp³-hybridized carbons (Fsp3) is 0.478. The summed E-state index contributed by atoms with van der Waals surface area (Å²) in [6.45, 7) is 5.69. The summed E-state index contributed by atoms with van der Waals surface area (Å²) < 4.78 is 5.51. The third-order valence-electron chi connectivity index (χ3n) is 5.60. The van der Waals surface area contributed by atoms with Gasteiger partial charge in [0.1, 0.15) is 16.8 Å². The van der Waals surface area contributed by atoms with Crippen molar-refractivity contribution in [2.24, 2.45) is 0 Å². The summed E-state index contributed by atoms with van der Waals surface area (Å²) in [6.07, 6.45) is 8.23. The van der Waals surface area contributed by atoms with Crippen molar-refractivity contribution >= 4 is 28.6 Å². The summed E-state index contributed by atoms with van der Waals surface area (Å²) in [5, 5.41) is 16.1. The second-order valence-corrected chi connectivity index (χ2v) is 8.09. The number of nitrogens with zero attached hydrogens (tertiary/aromatic N) is 2. The Bertz CT molecular complexity index is 967. The highest BCUT2D eigenvalue weighted by Crippen LogP contribution is 2.32. The topological polar surface area (TPSA) is 103 Å². The van der Waals surface area contributed by atoms with Crippen LogP contribution in [-0.2, 0) is 0 Å². The summed E-state index contributed by atoms with van der Waals surface area (Å²) in [7, 11) is 3.55. The molecule has 31 heavy (non-hydrogen) atoms. The van der Waals surface area contributed by atoms with Crippen molar-refractivity contribution in [1.29, 1.82) is 0 Å². The predicted molar refractivity (Wildman–Crippen MR) is 124 cm³/mol. The van der Waals surface area contributed by atoms with Gasteiger partial charge in [0.2, 0.25) is 5.95 Å². The largest absolute Gasteiger partial charge is 0.494 e. The van der Waals surface area contributed by atoms with Gasteiger partial charge >= 0.3 is 6.03 Å². The number of benzene rings is 1. The number of aliphatic hydroxyl groups is 1. The maximum Gasteiger partial charge on any atom is 0.324 e. The number of ether oxygens (including phenoxy) is 1. The van der Waals surface area contributed by atoms with Crippen LogP contribution in [-0.4, -0.2) is 65.4 Å². The molecule has 1 aromatic heterocycles. The summed E-state index contributed by atoms with van der Waals surface area (Å²) >= 11 is 0. The van der Waals surface area contributed by atoms with Crippen molar-refractivity contribution in [3.05, 3.63) is 35.9 Å². The van der Waals surface area contributed by atoms with Gasteiger partial charge in [-0.3, -0.25) is 5.32 Å². The van der Waals surface area contributed by atoms with Gasteiger partial charge in [0.25, 0.3) is 0 Å². The van der Waals surface area contributed by atoms with Crippen molar-refractivity contribution < 1.29 is 14.6 Å². The van der Waals surface area contributed by atoms with E-state index in [0.29, 0.717) is 37.6 Å². The minimum absolute atomic E-state index is 0.228. The van der Waals surface area contributed by atoms with E-state index in [-0.39, 0.29) is 6.03 Å². The molecule has 0 bridgehead atoms. The predicted octanol–water partition coefficient (Wildman–Crippen LogP) is 3.52. The van der Waals surface area contributed by atoms with Crippen molar-refractivity contribution in [1.82, 2.24) is 20.2 Å². The molecule has 0 unspecified atom stereocenters. The Kier molecular flexibility index (Phi) is 7.35. The minimum atomic E-state index is -0.707. The highest BCUT2D eigenvalue weighted by Gasteiger charge is 2.30. The fourth-order valence-corrected chi connectivity index (χ4v) is 3.72. The monoisotopic (exact) mass is 427 g/mol. The molecule has 0 spiro atoms. The van der Waals surface area contributed by atoms with Crippen LogP contribution in [0.1, 0.15) is 38.7 Å². The molecule has 0 saturated carbocycles. The lowest BCUT2D eigenvalue weighted by molar-refractivity contribution is 0.00569. The molecule has 1 aliphatic heterocycles. The number of piperidine rings is 1. The van der Waals surface area contributed by atoms with Crippen LogP contribution in [0.3, 0.4) is 0 Å². The normalized spacial score (nSPS) is 16.8. The third-order valence-corrected chi connectivity index (χ3v) is 5.60. The highest BCUT2D eigenvalue weighted by molar-refractivity contribution is 5.97. The number of carbonyl (C=O) groups is 1. The maximum atomic E-state index is 12.7. The van der Waals surface area contributed by atoms with Crippen LogP contribution in [0, 0.1) is 0 Å². The van der Waals surface area contributed by atoms with E-state index in [1.54, 1.807) is 12.0 Å². The second-order valence-electron chi connectivity index (χ2n) is 8.09. The first kappa shape index (κ1) is 22.8. The molecule has 8 heteroatoms. The number of hydrogen-bond donors (Lipinski definition) is 4. The molecular formula is C23H33N5O3. The zero-order valence-electron chi connectivity index (χ0n) is 18.8. The van der Waals surface area contributed by atoms with E-state index in [0.717, 1.165) is 35.1 Å². The van der Waals surface area contributed by atoms with Gasteiger partial charge in [-0.2, -0.15) is 0 Å². The van der Waals surface area contributed by atoms with Gasteiger partial charge < -0.3 is 25.0 Å². The lowest BCUT2D eigenvalue weighted by Crippen LogP contribution is -2.46. The molecule has 0 aliphatic carbocycles. The molecule has 1 saturated heterocycles. The molecule has 1 aliphatic rings. The summed E-state index contributed by atoms with van der Waals surface area (Å²) in [5.74, 6) is 1.04. The average Bonchev–Trinajstić information content (AvgIpc) is 3.16. The molecule has 168 valence electrons. The number of hydrogen-bond acceptors (Lipinski definition) is 5. The molecule has 2 heterocycles. The molecular weight excluding hydrogens is 394 g/mol. The van der Waals surface area contributed by atoms with Gasteiger partial charge in [-0.25, -0.2) is 9.78 Å². The number of imidazole rings is 1. The molecule has 2 amide bonds. The van der Waals surface area contributed by atoms with Gasteiger partial charge in [-0.05, 0) is 64.4 Å². The van der Waals surface area contributed by atoms with Crippen molar-refractivity contribution in [3.63, 3.8) is 0 Å². The summed E-state index contributed by atoms with van der Waals surface area (Å²) in [6, 6.07) is 3.67. The molecule has 1 aromatic carbocycles. The number of allylic oxidation sites excluding steroid dienone is 3. The Morgan fingerprint density at radius 2 is 2.13 bits per heavy atom. The quantitative estimate of drug-likeness (QED) is 0.400. The molecule has 3 rings (SSSR count). The first-order valence-corrected chi connectivity index (χ1v) is 10.7. The Morgan fingerprint density at radius 3 is 2.77 bits per heavy atom. The number of methoxy groups -OCH3 is 1. The molecule has 0 atom stereocenters. The van der Waals surface area contributed by atoms with Crippen molar-refractivity contribution in [2.75, 3.05) is 39.1 Å². The smallest absolute Gasteiger partial charge is 0.324 e. The van der Waals surface area contributed by atoms with E-state index >= 15 is 0 Å². The van der Waals surface area contributed by atoms with Crippen LogP contribution < -0.4 is 15.4 Å². The lowest BCUT2D eigenvalue weighted by atomic mass is 9.94. The number of nitrogens with one attached hydrogen (secondary N) is 3. The van der Waals surface area contributed by atoms with E-state index in [4.69, 9.17) is 4.74 Å². The maximum absolute atomic E-state index is 12.7. The zero-order chi connectivity index (χ0) is 22.4. The van der Waals surface area contributed by atoms with Crippen LogP contribution in [0.5, 0.6) is 5.75 Å². The Hall–Kier alpha value is -2.84. The van der Waals surface area contributed by atoms with Crippen LogP contribution in [0.15, 0.2) is 30.4 Å². The summed E-state index contributed by atoms with van der Waals surface area (Å²) in [5.41, 5.74) is 2.80. The van der Waals surface area contributed by atoms with Gasteiger partial charge in [-0.1, -0.05) is 18.2 Å². The fourth-order valence-electron chi connectivity index (χ4n) is 3.72. The second kappa shape index (κ2) is 9.98. The number of fused-ring (bicyclic) bond motifs is 1. The number of anilines is 1. The van der Waals surface area contributed by atoms with Crippen molar-refractivity contribution in [2.45, 2.75) is 38.7 Å². The van der Waals surface area contributed by atoms with E-state index in [1.165, 1.54) is 0 Å². The number of H-pyrrole nitrogens is 1. The van der Waals surface area contributed by atoms with Gasteiger partial charge in [0.05, 0.1) is 12.7 Å². The van der Waals surface area contributed by atoms with Gasteiger partial charge in [0.15, 0.2) is 0 Å². The summed E-state index contributed by atoms with van der Waals surface area (Å²) in [4.78, 5) is 22.3. The van der Waals surface area contributed by atoms with E-state index in [1.807, 2.05) is 39.1 Å². The lowest BCUT2D eigenvalue weighted by Gasteiger charge is -2.35. The SMILES string of the molecule is C/C=C\C(=C\CCNC)c1ccc(OC)c2[nH]c(NC(=O)N3CCC(C)(O)CC3)nc12. The number of likely N-dealkylation sites (tertiary alicyclic amines) is 1. The van der Waals surface area contributed by atoms with Crippen molar-refractivity contribution in [3.8, 4) is 5.75 Å². The minimum Gasteiger partial charge on any atom is -0.494 e. The number of aromatic amines is 1. The standard InChI is InChI=1S/C23H33N5O3/c1-5-7-16(8-6-13-24-3)17-9-10-18(31-4)20-19(17)25-21(26-20)27-22(29)28-14-11-23(2,30)12-15-28/h5,7-10,24,30H,6,11-15H2,1-4H3,(H2,25,26,27,29)/b7-5-,16-8-. The van der Waals surface area contributed by atoms with E-state index in [2.05, 4.69) is 32.8 Å². The van der Waals surface area contributed by atoms with E-state index in [9.17, 15) is 9.90 Å². The number of carbonyl (C=O) groups excluding carboxylic acids is 1. The molecule has 0 radical (unpaired) electrons. The van der Waals surface area contributed by atoms with Gasteiger partial charge in [0, 0.05) is 18.7 Å². The number of aromatic nitrogens is 2. The first-order valence-electron chi connectivity index (χ1n) is 10.7. The van der Waals surface area contributed by atoms with Crippen LogP contribution in [0.2, 0.25) is 0 Å². The molecule has 2 aromatic rings. The van der Waals surface area contributed by atoms with Crippen LogP contribution in [0.4, 0.5) is 10.7 Å². The molecule has 1 fully saturated rings. The number of urea groups is 1. The molecule has 4 N–H and O–H groups in total. The van der Waals surface area contributed by atoms with Crippen LogP contribution >= 0.6 is 0 Å². The van der Waals surface area contributed by atoms with Crippen LogP contribution in [0.25, 0.3) is 16.6 Å². The zero-order valence-corrected chi connectivity index (χ0v) is 18.8. The Balaban J connectivity index is 1.90. The number of rotatable bonds is 7. The average molecular weight is 428 g/mol. The van der Waals surface area contributed by atoms with Gasteiger partial charge in [-0.15, -0.1) is 0 Å². The van der Waals surface area contributed by atoms with E-state index < -0.39 is 5.60 Å². The first-order chi connectivity index (χ1) is 14.9. The Labute approximate surface area is 183 Å². The molecule has 8 nitrogen and oxygen atoms in total. The number of amides is 2. The highest BCUT2D eigenvalue weighted by atomic mass is 16.5. The third kappa shape index (κ3) is 5.45. The Morgan fingerprint density at radius 1 is 1.39 bits per heavy atom.